The molecule has 0 unspecified atom stereocenters. The third-order valence-electron chi connectivity index (χ3n) is 5.55. The molecule has 138 valence electrons. The van der Waals surface area contributed by atoms with Crippen LogP contribution in [0.5, 0.6) is 5.88 Å². The third-order valence-corrected chi connectivity index (χ3v) is 5.55. The number of hydrogen-bond acceptors (Lipinski definition) is 2. The molecular weight excluding hydrogens is 330 g/mol. The molecule has 0 saturated heterocycles. The van der Waals surface area contributed by atoms with Gasteiger partial charge in [-0.05, 0) is 67.1 Å². The molecule has 0 bridgehead atoms. The fourth-order valence-corrected chi connectivity index (χ4v) is 3.86. The van der Waals surface area contributed by atoms with E-state index in [0.717, 1.165) is 21.5 Å². The van der Waals surface area contributed by atoms with E-state index < -0.39 is 0 Å². The van der Waals surface area contributed by atoms with Crippen LogP contribution < -0.4 is 0 Å². The zero-order chi connectivity index (χ0) is 19.6. The molecule has 0 aliphatic rings. The number of benzene rings is 3. The third kappa shape index (κ3) is 2.84. The number of fused-ring (bicyclic) bond motifs is 6. The Bertz CT molecular complexity index is 1190. The summed E-state index contributed by atoms with van der Waals surface area (Å²) in [5.74, 6) is 0.0998. The van der Waals surface area contributed by atoms with E-state index >= 15 is 0 Å². The maximum Gasteiger partial charge on any atom is 0.219 e. The molecule has 0 aliphatic heterocycles. The summed E-state index contributed by atoms with van der Waals surface area (Å²) in [4.78, 5) is 4.15. The number of aromatic hydroxyl groups is 1. The minimum atomic E-state index is 0.0636. The molecular formula is C25H27NO. The lowest BCUT2D eigenvalue weighted by Gasteiger charge is -2.22. The van der Waals surface area contributed by atoms with Gasteiger partial charge in [-0.25, -0.2) is 4.98 Å². The fourth-order valence-electron chi connectivity index (χ4n) is 3.86. The number of pyridine rings is 1. The minimum Gasteiger partial charge on any atom is -0.493 e. The van der Waals surface area contributed by atoms with Crippen molar-refractivity contribution in [3.05, 3.63) is 59.8 Å². The summed E-state index contributed by atoms with van der Waals surface area (Å²) in [6.07, 6.45) is 1.68. The summed E-state index contributed by atoms with van der Waals surface area (Å²) in [6.45, 7) is 13.4. The molecule has 0 amide bonds. The Hall–Kier alpha value is -2.61. The van der Waals surface area contributed by atoms with Gasteiger partial charge in [0.1, 0.15) is 0 Å². The van der Waals surface area contributed by atoms with Crippen molar-refractivity contribution < 1.29 is 5.11 Å². The lowest BCUT2D eigenvalue weighted by Crippen LogP contribution is -2.11. The Labute approximate surface area is 160 Å². The summed E-state index contributed by atoms with van der Waals surface area (Å²) < 4.78 is 0. The minimum absolute atomic E-state index is 0.0636. The number of hydrogen-bond donors (Lipinski definition) is 1. The molecule has 4 aromatic rings. The molecule has 0 radical (unpaired) electrons. The first-order chi connectivity index (χ1) is 12.6. The number of nitrogens with zero attached hydrogens (tertiary/aromatic N) is 1. The predicted molar refractivity (Wildman–Crippen MR) is 116 cm³/mol. The van der Waals surface area contributed by atoms with Gasteiger partial charge in [0.05, 0.1) is 5.39 Å². The Kier molecular flexibility index (Phi) is 3.75. The van der Waals surface area contributed by atoms with Gasteiger partial charge >= 0.3 is 0 Å². The van der Waals surface area contributed by atoms with Gasteiger partial charge in [-0.3, -0.25) is 0 Å². The topological polar surface area (TPSA) is 33.1 Å². The van der Waals surface area contributed by atoms with Crippen molar-refractivity contribution in [2.45, 2.75) is 52.4 Å². The summed E-state index contributed by atoms with van der Waals surface area (Å²) in [5, 5.41) is 17.1. The van der Waals surface area contributed by atoms with Crippen molar-refractivity contribution in [1.29, 1.82) is 0 Å². The van der Waals surface area contributed by atoms with Crippen LogP contribution in [0.4, 0.5) is 0 Å². The van der Waals surface area contributed by atoms with Gasteiger partial charge < -0.3 is 5.11 Å². The average molecular weight is 357 g/mol. The van der Waals surface area contributed by atoms with Crippen molar-refractivity contribution in [3.8, 4) is 5.88 Å². The highest BCUT2D eigenvalue weighted by Crippen LogP contribution is 2.41. The molecule has 1 aromatic heterocycles. The van der Waals surface area contributed by atoms with E-state index in [1.807, 2.05) is 6.07 Å². The molecule has 0 aliphatic carbocycles. The van der Waals surface area contributed by atoms with Crippen molar-refractivity contribution in [2.24, 2.45) is 0 Å². The van der Waals surface area contributed by atoms with Crippen LogP contribution in [-0.2, 0) is 10.8 Å². The van der Waals surface area contributed by atoms with Crippen LogP contribution in [0.25, 0.3) is 32.3 Å². The second-order valence-electron chi connectivity index (χ2n) is 9.58. The van der Waals surface area contributed by atoms with Gasteiger partial charge in [-0.2, -0.15) is 0 Å². The largest absolute Gasteiger partial charge is 0.493 e. The number of rotatable bonds is 0. The monoisotopic (exact) mass is 357 g/mol. The van der Waals surface area contributed by atoms with E-state index in [1.54, 1.807) is 6.20 Å². The average Bonchev–Trinajstić information content (AvgIpc) is 2.59. The van der Waals surface area contributed by atoms with Crippen LogP contribution in [0.1, 0.15) is 52.7 Å². The zero-order valence-electron chi connectivity index (χ0n) is 17.0. The Morgan fingerprint density at radius 2 is 1.11 bits per heavy atom. The second-order valence-corrected chi connectivity index (χ2v) is 9.58. The zero-order valence-corrected chi connectivity index (χ0v) is 17.0. The molecule has 0 spiro atoms. The van der Waals surface area contributed by atoms with Crippen LogP contribution in [0, 0.1) is 0 Å². The summed E-state index contributed by atoms with van der Waals surface area (Å²) in [6, 6.07) is 15.3. The quantitative estimate of drug-likeness (QED) is 0.349. The van der Waals surface area contributed by atoms with Gasteiger partial charge in [-0.1, -0.05) is 65.8 Å². The van der Waals surface area contributed by atoms with Gasteiger partial charge in [0.25, 0.3) is 0 Å². The van der Waals surface area contributed by atoms with Crippen molar-refractivity contribution in [2.75, 3.05) is 0 Å². The highest BCUT2D eigenvalue weighted by atomic mass is 16.3. The van der Waals surface area contributed by atoms with Gasteiger partial charge in [0, 0.05) is 6.20 Å². The molecule has 0 fully saturated rings. The van der Waals surface area contributed by atoms with E-state index in [4.69, 9.17) is 0 Å². The van der Waals surface area contributed by atoms with Crippen LogP contribution >= 0.6 is 0 Å². The normalized spacial score (nSPS) is 13.0. The van der Waals surface area contributed by atoms with Gasteiger partial charge in [-0.15, -0.1) is 0 Å². The van der Waals surface area contributed by atoms with Crippen molar-refractivity contribution in [1.82, 2.24) is 4.98 Å². The summed E-state index contributed by atoms with van der Waals surface area (Å²) in [7, 11) is 0. The molecule has 0 atom stereocenters. The van der Waals surface area contributed by atoms with Crippen LogP contribution in [-0.4, -0.2) is 10.1 Å². The maximum absolute atomic E-state index is 10.5. The van der Waals surface area contributed by atoms with E-state index in [-0.39, 0.29) is 16.7 Å². The molecule has 2 nitrogen and oxygen atoms in total. The SMILES string of the molecule is CC(C)(C)c1ccc2c(c1)c1cc(C(C)(C)C)ccc1c1c(O)nccc21. The molecule has 4 rings (SSSR count). The highest BCUT2D eigenvalue weighted by Gasteiger charge is 2.19. The smallest absolute Gasteiger partial charge is 0.219 e. The van der Waals surface area contributed by atoms with Crippen LogP contribution in [0.3, 0.4) is 0 Å². The first-order valence-corrected chi connectivity index (χ1v) is 9.55. The molecule has 1 heterocycles. The molecule has 1 N–H and O–H groups in total. The van der Waals surface area contributed by atoms with E-state index in [2.05, 4.69) is 82.9 Å². The summed E-state index contributed by atoms with van der Waals surface area (Å²) in [5.41, 5.74) is 2.75. The Morgan fingerprint density at radius 1 is 0.630 bits per heavy atom. The summed E-state index contributed by atoms with van der Waals surface area (Å²) >= 11 is 0. The van der Waals surface area contributed by atoms with Gasteiger partial charge in [0.2, 0.25) is 5.88 Å². The van der Waals surface area contributed by atoms with Gasteiger partial charge in [0.15, 0.2) is 0 Å². The fraction of sp³-hybridized carbons (Fsp3) is 0.320. The molecule has 27 heavy (non-hydrogen) atoms. The highest BCUT2D eigenvalue weighted by molar-refractivity contribution is 6.26. The van der Waals surface area contributed by atoms with E-state index in [1.165, 1.54) is 21.9 Å². The Balaban J connectivity index is 2.26. The van der Waals surface area contributed by atoms with Crippen molar-refractivity contribution >= 4 is 32.3 Å². The molecule has 2 heteroatoms. The molecule has 0 saturated carbocycles. The lowest BCUT2D eigenvalue weighted by molar-refractivity contribution is 0.461. The van der Waals surface area contributed by atoms with Crippen molar-refractivity contribution in [3.63, 3.8) is 0 Å². The first kappa shape index (κ1) is 17.8. The predicted octanol–water partition coefficient (Wildman–Crippen LogP) is 6.84. The first-order valence-electron chi connectivity index (χ1n) is 9.55. The van der Waals surface area contributed by atoms with E-state index in [0.29, 0.717) is 0 Å². The number of aromatic nitrogens is 1. The van der Waals surface area contributed by atoms with E-state index in [9.17, 15) is 5.11 Å². The maximum atomic E-state index is 10.5. The Morgan fingerprint density at radius 3 is 1.67 bits per heavy atom. The second kappa shape index (κ2) is 5.69. The molecule has 3 aromatic carbocycles. The van der Waals surface area contributed by atoms with Crippen LogP contribution in [0.15, 0.2) is 48.7 Å². The van der Waals surface area contributed by atoms with Crippen LogP contribution in [0.2, 0.25) is 0 Å². The standard InChI is InChI=1S/C25H27NO/c1-24(2,3)15-7-9-17-19-11-12-26-23(27)22(19)18-10-8-16(25(4,5)6)14-21(18)20(17)13-15/h7-14H,1-6H3,(H,26,27). The lowest BCUT2D eigenvalue weighted by atomic mass is 9.82.